The van der Waals surface area contributed by atoms with Gasteiger partial charge in [-0.3, -0.25) is 9.59 Å². The molecule has 178 valence electrons. The third-order valence-electron chi connectivity index (χ3n) is 6.07. The quantitative estimate of drug-likeness (QED) is 0.334. The van der Waals surface area contributed by atoms with E-state index in [0.29, 0.717) is 33.4 Å². The van der Waals surface area contributed by atoms with Gasteiger partial charge in [-0.2, -0.15) is 0 Å². The second-order valence-electron chi connectivity index (χ2n) is 8.46. The Kier molecular flexibility index (Phi) is 6.57. The van der Waals surface area contributed by atoms with Gasteiger partial charge in [0.1, 0.15) is 9.88 Å². The summed E-state index contributed by atoms with van der Waals surface area (Å²) in [5.74, 6) is -0.297. The Hall–Kier alpha value is -3.62. The van der Waals surface area contributed by atoms with Gasteiger partial charge in [0.2, 0.25) is 5.78 Å². The first-order valence-electron chi connectivity index (χ1n) is 11.4. The number of amides is 1. The number of nitrogens with two attached hydrogens (primary N) is 1. The number of piperazine rings is 1. The Labute approximate surface area is 212 Å². The van der Waals surface area contributed by atoms with Gasteiger partial charge in [-0.05, 0) is 48.2 Å². The normalized spacial score (nSPS) is 13.6. The lowest BCUT2D eigenvalue weighted by Crippen LogP contribution is -2.49. The van der Waals surface area contributed by atoms with Crippen molar-refractivity contribution in [2.45, 2.75) is 6.92 Å². The van der Waals surface area contributed by atoms with E-state index in [0.717, 1.165) is 30.0 Å². The van der Waals surface area contributed by atoms with E-state index in [9.17, 15) is 9.59 Å². The zero-order valence-electron chi connectivity index (χ0n) is 19.4. The second-order valence-corrected chi connectivity index (χ2v) is 10.4. The first kappa shape index (κ1) is 23.1. The lowest BCUT2D eigenvalue weighted by atomic mass is 10.1. The maximum Gasteiger partial charge on any atom is 0.259 e. The molecule has 3 N–H and O–H groups in total. The van der Waals surface area contributed by atoms with Crippen LogP contribution in [0.15, 0.2) is 72.1 Å². The minimum Gasteiger partial charge on any atom is -0.397 e. The Balaban J connectivity index is 1.44. The fourth-order valence-electron chi connectivity index (χ4n) is 4.25. The molecule has 1 aliphatic heterocycles. The first-order chi connectivity index (χ1) is 17.0. The number of hydrogen-bond donors (Lipinski definition) is 2. The summed E-state index contributed by atoms with van der Waals surface area (Å²) < 4.78 is 0. The summed E-state index contributed by atoms with van der Waals surface area (Å²) in [6, 6.07) is 21.7. The van der Waals surface area contributed by atoms with Crippen LogP contribution in [-0.2, 0) is 0 Å². The van der Waals surface area contributed by atoms with Crippen LogP contribution in [0.4, 0.5) is 22.1 Å². The number of nitrogens with zero attached hydrogens (tertiary/aromatic N) is 2. The molecule has 2 aromatic heterocycles. The molecule has 0 saturated carbocycles. The first-order valence-corrected chi connectivity index (χ1v) is 13.1. The molecule has 2 aromatic carbocycles. The van der Waals surface area contributed by atoms with Crippen LogP contribution in [0.25, 0.3) is 0 Å². The van der Waals surface area contributed by atoms with Crippen LogP contribution < -0.4 is 16.0 Å². The van der Waals surface area contributed by atoms with Crippen LogP contribution in [0.2, 0.25) is 0 Å². The van der Waals surface area contributed by atoms with E-state index in [2.05, 4.69) is 22.3 Å². The number of carbonyl (C=O) groups is 2. The highest BCUT2D eigenvalue weighted by Gasteiger charge is 2.31. The largest absolute Gasteiger partial charge is 0.397 e. The number of thiophene rings is 2. The van der Waals surface area contributed by atoms with Gasteiger partial charge >= 0.3 is 0 Å². The molecule has 0 spiro atoms. The molecule has 1 fully saturated rings. The van der Waals surface area contributed by atoms with Gasteiger partial charge in [-0.25, -0.2) is 0 Å². The molecular formula is C27H26N4O2S2. The number of hydrogen-bond acceptors (Lipinski definition) is 7. The molecule has 5 rings (SSSR count). The van der Waals surface area contributed by atoms with E-state index in [1.165, 1.54) is 22.7 Å². The standard InChI is InChI=1S/C27H26N4O2S2/c1-18-7-5-8-19(17-18)29-26-22(23(28)25(35-26)24(32)21-11-6-16-34-21)27(33)31-14-12-30(13-15-31)20-9-3-2-4-10-20/h2-11,16-17,29H,12-15,28H2,1H3. The average Bonchev–Trinajstić information content (AvgIpc) is 3.52. The zero-order chi connectivity index (χ0) is 24.4. The van der Waals surface area contributed by atoms with Crippen LogP contribution in [0.5, 0.6) is 0 Å². The number of carbonyl (C=O) groups excluding carboxylic acids is 2. The molecule has 6 nitrogen and oxygen atoms in total. The van der Waals surface area contributed by atoms with E-state index in [4.69, 9.17) is 5.73 Å². The number of ketones is 1. The van der Waals surface area contributed by atoms with Crippen molar-refractivity contribution in [1.29, 1.82) is 0 Å². The Morgan fingerprint density at radius 1 is 0.943 bits per heavy atom. The summed E-state index contributed by atoms with van der Waals surface area (Å²) in [5, 5.41) is 5.82. The van der Waals surface area contributed by atoms with Crippen molar-refractivity contribution >= 4 is 56.4 Å². The fourth-order valence-corrected chi connectivity index (χ4v) is 6.07. The Morgan fingerprint density at radius 3 is 2.40 bits per heavy atom. The van der Waals surface area contributed by atoms with Crippen molar-refractivity contribution in [1.82, 2.24) is 4.90 Å². The third kappa shape index (κ3) is 4.80. The Bertz CT molecular complexity index is 1340. The predicted molar refractivity (Wildman–Crippen MR) is 146 cm³/mol. The number of rotatable bonds is 6. The highest BCUT2D eigenvalue weighted by molar-refractivity contribution is 7.20. The number of aryl methyl sites for hydroxylation is 1. The monoisotopic (exact) mass is 502 g/mol. The van der Waals surface area contributed by atoms with Crippen molar-refractivity contribution in [3.63, 3.8) is 0 Å². The zero-order valence-corrected chi connectivity index (χ0v) is 21.0. The maximum atomic E-state index is 13.7. The number of nitrogen functional groups attached to an aromatic ring is 1. The molecule has 0 aliphatic carbocycles. The molecule has 0 atom stereocenters. The summed E-state index contributed by atoms with van der Waals surface area (Å²) in [5.41, 5.74) is 10.2. The fraction of sp³-hybridized carbons (Fsp3) is 0.185. The molecule has 1 aliphatic rings. The van der Waals surface area contributed by atoms with Gasteiger partial charge in [0.15, 0.2) is 0 Å². The number of para-hydroxylation sites is 1. The smallest absolute Gasteiger partial charge is 0.259 e. The van der Waals surface area contributed by atoms with Gasteiger partial charge in [0.25, 0.3) is 5.91 Å². The number of nitrogens with one attached hydrogen (secondary N) is 1. The predicted octanol–water partition coefficient (Wildman–Crippen LogP) is 5.64. The number of benzene rings is 2. The molecule has 0 bridgehead atoms. The van der Waals surface area contributed by atoms with Gasteiger partial charge in [0.05, 0.1) is 16.1 Å². The SMILES string of the molecule is Cc1cccc(Nc2sc(C(=O)c3cccs3)c(N)c2C(=O)N2CCN(c3ccccc3)CC2)c1. The molecule has 0 unspecified atom stereocenters. The van der Waals surface area contributed by atoms with Gasteiger partial charge in [-0.1, -0.05) is 36.4 Å². The molecule has 1 saturated heterocycles. The van der Waals surface area contributed by atoms with Crippen molar-refractivity contribution in [2.24, 2.45) is 0 Å². The van der Waals surface area contributed by atoms with Crippen LogP contribution in [0.3, 0.4) is 0 Å². The second kappa shape index (κ2) is 9.93. The molecule has 0 radical (unpaired) electrons. The summed E-state index contributed by atoms with van der Waals surface area (Å²) in [6.07, 6.45) is 0. The lowest BCUT2D eigenvalue weighted by Gasteiger charge is -2.36. The minimum absolute atomic E-state index is 0.146. The molecule has 3 heterocycles. The minimum atomic E-state index is -0.150. The number of anilines is 4. The highest BCUT2D eigenvalue weighted by atomic mass is 32.1. The maximum absolute atomic E-state index is 13.7. The van der Waals surface area contributed by atoms with Crippen molar-refractivity contribution < 1.29 is 9.59 Å². The van der Waals surface area contributed by atoms with Gasteiger partial charge < -0.3 is 20.9 Å². The highest BCUT2D eigenvalue weighted by Crippen LogP contribution is 2.40. The molecule has 8 heteroatoms. The van der Waals surface area contributed by atoms with Gasteiger partial charge in [-0.15, -0.1) is 22.7 Å². The van der Waals surface area contributed by atoms with Gasteiger partial charge in [0, 0.05) is 37.6 Å². The summed E-state index contributed by atoms with van der Waals surface area (Å²) in [6.45, 7) is 4.66. The van der Waals surface area contributed by atoms with E-state index >= 15 is 0 Å². The van der Waals surface area contributed by atoms with Crippen LogP contribution >= 0.6 is 22.7 Å². The van der Waals surface area contributed by atoms with E-state index in [-0.39, 0.29) is 17.4 Å². The Morgan fingerprint density at radius 2 is 1.71 bits per heavy atom. The molecule has 35 heavy (non-hydrogen) atoms. The van der Waals surface area contributed by atoms with Crippen LogP contribution in [0, 0.1) is 6.92 Å². The van der Waals surface area contributed by atoms with Crippen LogP contribution in [0.1, 0.15) is 30.5 Å². The van der Waals surface area contributed by atoms with Crippen LogP contribution in [-0.4, -0.2) is 42.8 Å². The average molecular weight is 503 g/mol. The molecule has 1 amide bonds. The van der Waals surface area contributed by atoms with E-state index in [1.54, 1.807) is 6.07 Å². The summed E-state index contributed by atoms with van der Waals surface area (Å²) in [7, 11) is 0. The van der Waals surface area contributed by atoms with Crippen molar-refractivity contribution in [3.8, 4) is 0 Å². The topological polar surface area (TPSA) is 78.7 Å². The summed E-state index contributed by atoms with van der Waals surface area (Å²) in [4.78, 5) is 32.0. The van der Waals surface area contributed by atoms with Crippen molar-refractivity contribution in [2.75, 3.05) is 42.1 Å². The summed E-state index contributed by atoms with van der Waals surface area (Å²) >= 11 is 2.62. The third-order valence-corrected chi connectivity index (χ3v) is 8.06. The van der Waals surface area contributed by atoms with E-state index < -0.39 is 0 Å². The molecular weight excluding hydrogens is 476 g/mol. The van der Waals surface area contributed by atoms with Crippen molar-refractivity contribution in [3.05, 3.63) is 93.0 Å². The lowest BCUT2D eigenvalue weighted by molar-refractivity contribution is 0.0749. The molecule has 4 aromatic rings. The van der Waals surface area contributed by atoms with E-state index in [1.807, 2.05) is 65.7 Å².